The molecule has 0 aliphatic rings. The zero-order valence-electron chi connectivity index (χ0n) is 17.2. The van der Waals surface area contributed by atoms with Gasteiger partial charge in [0.2, 0.25) is 0 Å². The first-order valence-corrected chi connectivity index (χ1v) is 9.94. The summed E-state index contributed by atoms with van der Waals surface area (Å²) in [6, 6.07) is 24.1. The average Bonchev–Trinajstić information content (AvgIpc) is 2.83. The molecular weight excluding hydrogens is 406 g/mol. The lowest BCUT2D eigenvalue weighted by Gasteiger charge is -2.09. The molecule has 0 fully saturated rings. The van der Waals surface area contributed by atoms with E-state index >= 15 is 0 Å². The molecule has 0 heterocycles. The van der Waals surface area contributed by atoms with E-state index in [1.807, 2.05) is 36.4 Å². The Hall–Kier alpha value is -4.44. The Bertz CT molecular complexity index is 1150. The van der Waals surface area contributed by atoms with Gasteiger partial charge in [-0.05, 0) is 42.0 Å². The lowest BCUT2D eigenvalue weighted by atomic mass is 10.1. The number of nitrogens with zero attached hydrogens (tertiary/aromatic N) is 1. The van der Waals surface area contributed by atoms with Gasteiger partial charge in [-0.25, -0.2) is 0 Å². The topological polar surface area (TPSA) is 108 Å². The third-order valence-corrected chi connectivity index (χ3v) is 4.49. The molecule has 3 aromatic rings. The summed E-state index contributed by atoms with van der Waals surface area (Å²) >= 11 is 0. The van der Waals surface area contributed by atoms with Crippen molar-refractivity contribution in [3.63, 3.8) is 0 Å². The maximum Gasteiger partial charge on any atom is 0.307 e. The van der Waals surface area contributed by atoms with E-state index in [9.17, 15) is 14.4 Å². The maximum atomic E-state index is 12.4. The van der Waals surface area contributed by atoms with Gasteiger partial charge in [-0.3, -0.25) is 14.4 Å². The number of benzene rings is 3. The fraction of sp³-hybridized carbons (Fsp3) is 0.120. The fourth-order valence-electron chi connectivity index (χ4n) is 2.86. The number of hydrogen-bond donors (Lipinski definition) is 2. The largest absolute Gasteiger partial charge is 0.461 e. The van der Waals surface area contributed by atoms with Crippen LogP contribution in [0.25, 0.3) is 0 Å². The van der Waals surface area contributed by atoms with Crippen molar-refractivity contribution in [2.24, 2.45) is 0 Å². The molecule has 0 atom stereocenters. The van der Waals surface area contributed by atoms with E-state index in [1.54, 1.807) is 36.4 Å². The van der Waals surface area contributed by atoms with Crippen LogP contribution < -0.4 is 10.6 Å². The highest BCUT2D eigenvalue weighted by atomic mass is 16.5. The number of nitriles is 1. The molecule has 0 aliphatic carbocycles. The number of anilines is 1. The standard InChI is InChI=1S/C25H21N3O4/c26-16-19-8-4-9-20(14-19)25(31)28-22-11-5-10-21(15-22)24(30)27-13-12-23(29)32-17-18-6-2-1-3-7-18/h1-11,14-15H,12-13,17H2,(H,27,30)(H,28,31). The molecule has 0 saturated heterocycles. The van der Waals surface area contributed by atoms with Crippen LogP contribution in [0, 0.1) is 11.3 Å². The predicted octanol–water partition coefficient (Wildman–Crippen LogP) is 3.67. The predicted molar refractivity (Wildman–Crippen MR) is 119 cm³/mol. The average molecular weight is 427 g/mol. The van der Waals surface area contributed by atoms with Crippen molar-refractivity contribution in [2.75, 3.05) is 11.9 Å². The van der Waals surface area contributed by atoms with Crippen LogP contribution in [0.1, 0.15) is 38.3 Å². The molecule has 160 valence electrons. The summed E-state index contributed by atoms with van der Waals surface area (Å²) < 4.78 is 5.18. The molecule has 3 rings (SSSR count). The molecule has 3 aromatic carbocycles. The first-order valence-electron chi connectivity index (χ1n) is 9.94. The molecule has 0 unspecified atom stereocenters. The van der Waals surface area contributed by atoms with E-state index in [4.69, 9.17) is 10.00 Å². The summed E-state index contributed by atoms with van der Waals surface area (Å²) in [6.45, 7) is 0.316. The minimum atomic E-state index is -0.408. The molecule has 0 bridgehead atoms. The van der Waals surface area contributed by atoms with E-state index in [0.29, 0.717) is 22.4 Å². The van der Waals surface area contributed by atoms with Crippen LogP contribution in [-0.2, 0) is 16.1 Å². The molecular formula is C25H21N3O4. The molecule has 7 nitrogen and oxygen atoms in total. The molecule has 0 aromatic heterocycles. The Morgan fingerprint density at radius 1 is 0.844 bits per heavy atom. The van der Waals surface area contributed by atoms with Gasteiger partial charge in [0.1, 0.15) is 6.61 Å². The van der Waals surface area contributed by atoms with E-state index in [1.165, 1.54) is 12.1 Å². The highest BCUT2D eigenvalue weighted by molar-refractivity contribution is 6.05. The second kappa shape index (κ2) is 11.1. The Morgan fingerprint density at radius 2 is 1.56 bits per heavy atom. The van der Waals surface area contributed by atoms with Gasteiger partial charge in [-0.2, -0.15) is 5.26 Å². The summed E-state index contributed by atoms with van der Waals surface area (Å²) in [7, 11) is 0. The first kappa shape index (κ1) is 22.2. The smallest absolute Gasteiger partial charge is 0.307 e. The molecule has 0 spiro atoms. The van der Waals surface area contributed by atoms with Gasteiger partial charge in [0.25, 0.3) is 11.8 Å². The highest BCUT2D eigenvalue weighted by Gasteiger charge is 2.11. The van der Waals surface area contributed by atoms with Gasteiger partial charge in [0, 0.05) is 23.4 Å². The van der Waals surface area contributed by atoms with Crippen LogP contribution in [0.5, 0.6) is 0 Å². The molecule has 7 heteroatoms. The number of carbonyl (C=O) groups is 3. The Balaban J connectivity index is 1.48. The number of carbonyl (C=O) groups excluding carboxylic acids is 3. The number of nitrogens with one attached hydrogen (secondary N) is 2. The highest BCUT2D eigenvalue weighted by Crippen LogP contribution is 2.13. The minimum absolute atomic E-state index is 0.0459. The van der Waals surface area contributed by atoms with Gasteiger partial charge >= 0.3 is 5.97 Å². The van der Waals surface area contributed by atoms with E-state index < -0.39 is 5.97 Å². The van der Waals surface area contributed by atoms with Crippen molar-refractivity contribution < 1.29 is 19.1 Å². The summed E-state index contributed by atoms with van der Waals surface area (Å²) in [5, 5.41) is 14.3. The van der Waals surface area contributed by atoms with E-state index in [-0.39, 0.29) is 31.4 Å². The van der Waals surface area contributed by atoms with E-state index in [2.05, 4.69) is 10.6 Å². The molecule has 2 amide bonds. The summed E-state index contributed by atoms with van der Waals surface area (Å²) in [6.07, 6.45) is 0.0459. The monoisotopic (exact) mass is 427 g/mol. The number of hydrogen-bond acceptors (Lipinski definition) is 5. The maximum absolute atomic E-state index is 12.4. The van der Waals surface area contributed by atoms with Gasteiger partial charge in [0.15, 0.2) is 0 Å². The second-order valence-corrected chi connectivity index (χ2v) is 6.88. The molecule has 0 saturated carbocycles. The molecule has 0 aliphatic heterocycles. The van der Waals surface area contributed by atoms with E-state index in [0.717, 1.165) is 5.56 Å². The zero-order valence-corrected chi connectivity index (χ0v) is 17.2. The Morgan fingerprint density at radius 3 is 2.31 bits per heavy atom. The summed E-state index contributed by atoms with van der Waals surface area (Å²) in [5.41, 5.74) is 2.39. The number of esters is 1. The van der Waals surface area contributed by atoms with Crippen molar-refractivity contribution >= 4 is 23.5 Å². The molecule has 2 N–H and O–H groups in total. The molecule has 0 radical (unpaired) electrons. The lowest BCUT2D eigenvalue weighted by molar-refractivity contribution is -0.144. The van der Waals surface area contributed by atoms with Crippen molar-refractivity contribution in [1.82, 2.24) is 5.32 Å². The fourth-order valence-corrected chi connectivity index (χ4v) is 2.86. The van der Waals surface area contributed by atoms with Crippen LogP contribution in [0.4, 0.5) is 5.69 Å². The first-order chi connectivity index (χ1) is 15.5. The summed E-state index contributed by atoms with van der Waals surface area (Å²) in [4.78, 5) is 36.6. The van der Waals surface area contributed by atoms with Crippen LogP contribution in [-0.4, -0.2) is 24.3 Å². The van der Waals surface area contributed by atoms with Crippen molar-refractivity contribution in [2.45, 2.75) is 13.0 Å². The van der Waals surface area contributed by atoms with Crippen LogP contribution >= 0.6 is 0 Å². The van der Waals surface area contributed by atoms with Crippen LogP contribution in [0.15, 0.2) is 78.9 Å². The van der Waals surface area contributed by atoms with Crippen LogP contribution in [0.3, 0.4) is 0 Å². The van der Waals surface area contributed by atoms with Gasteiger partial charge in [-0.15, -0.1) is 0 Å². The number of rotatable bonds is 8. The second-order valence-electron chi connectivity index (χ2n) is 6.88. The lowest BCUT2D eigenvalue weighted by Crippen LogP contribution is -2.26. The minimum Gasteiger partial charge on any atom is -0.461 e. The third kappa shape index (κ3) is 6.54. The quantitative estimate of drug-likeness (QED) is 0.533. The number of amides is 2. The van der Waals surface area contributed by atoms with Gasteiger partial charge < -0.3 is 15.4 Å². The molecule has 32 heavy (non-hydrogen) atoms. The Kier molecular flexibility index (Phi) is 7.71. The Labute approximate surface area is 185 Å². The zero-order chi connectivity index (χ0) is 22.8. The van der Waals surface area contributed by atoms with Gasteiger partial charge in [-0.1, -0.05) is 42.5 Å². The van der Waals surface area contributed by atoms with Crippen LogP contribution in [0.2, 0.25) is 0 Å². The van der Waals surface area contributed by atoms with Crippen molar-refractivity contribution in [3.05, 3.63) is 101 Å². The SMILES string of the molecule is N#Cc1cccc(C(=O)Nc2cccc(C(=O)NCCC(=O)OCc3ccccc3)c2)c1. The number of ether oxygens (including phenoxy) is 1. The van der Waals surface area contributed by atoms with Crippen molar-refractivity contribution in [1.29, 1.82) is 5.26 Å². The third-order valence-electron chi connectivity index (χ3n) is 4.49. The summed E-state index contributed by atoms with van der Waals surface area (Å²) in [5.74, 6) is -1.17. The van der Waals surface area contributed by atoms with Crippen molar-refractivity contribution in [3.8, 4) is 6.07 Å². The van der Waals surface area contributed by atoms with Gasteiger partial charge in [0.05, 0.1) is 18.1 Å². The normalized spacial score (nSPS) is 9.97.